The van der Waals surface area contributed by atoms with Crippen molar-refractivity contribution in [2.75, 3.05) is 0 Å². The minimum atomic E-state index is -1.89. The summed E-state index contributed by atoms with van der Waals surface area (Å²) >= 11 is 1.69. The van der Waals surface area contributed by atoms with E-state index in [-0.39, 0.29) is 28.3 Å². The predicted octanol–water partition coefficient (Wildman–Crippen LogP) is 5.52. The minimum Gasteiger partial charge on any atom is -0.413 e. The first-order chi connectivity index (χ1) is 12.1. The summed E-state index contributed by atoms with van der Waals surface area (Å²) in [6, 6.07) is 8.16. The lowest BCUT2D eigenvalue weighted by Gasteiger charge is -2.44. The number of rotatable bonds is 6. The summed E-state index contributed by atoms with van der Waals surface area (Å²) in [5, 5.41) is 3.23. The Morgan fingerprint density at radius 3 is 2.62 bits per heavy atom. The van der Waals surface area contributed by atoms with Crippen molar-refractivity contribution >= 4 is 57.4 Å². The van der Waals surface area contributed by atoms with E-state index in [1.807, 2.05) is 25.1 Å². The Morgan fingerprint density at radius 2 is 2.00 bits per heavy atom. The number of benzene rings is 1. The number of fused-ring (bicyclic) bond motifs is 1. The van der Waals surface area contributed by atoms with Crippen LogP contribution < -0.4 is 5.32 Å². The molecule has 0 saturated carbocycles. The number of carbonyl (C=O) groups is 1. The molecule has 2 aromatic rings. The maximum Gasteiger partial charge on any atom is 0.229 e. The number of nitrogens with one attached hydrogen (secondary N) is 1. The van der Waals surface area contributed by atoms with Gasteiger partial charge >= 0.3 is 0 Å². The highest BCUT2D eigenvalue weighted by atomic mass is 33.1. The molecule has 0 aliphatic carbocycles. The molecule has 1 fully saturated rings. The first-order valence-electron chi connectivity index (χ1n) is 8.75. The molecule has 0 radical (unpaired) electrons. The minimum absolute atomic E-state index is 0.0688. The van der Waals surface area contributed by atoms with E-state index in [1.54, 1.807) is 32.9 Å². The van der Waals surface area contributed by atoms with Gasteiger partial charge in [0.05, 0.1) is 27.6 Å². The van der Waals surface area contributed by atoms with E-state index in [9.17, 15) is 4.79 Å². The molecule has 0 unspecified atom stereocenters. The van der Waals surface area contributed by atoms with Crippen molar-refractivity contribution in [2.45, 2.75) is 61.6 Å². The molecule has 1 aliphatic heterocycles. The van der Waals surface area contributed by atoms with E-state index < -0.39 is 8.32 Å². The van der Waals surface area contributed by atoms with Crippen LogP contribution in [0.15, 0.2) is 28.6 Å². The van der Waals surface area contributed by atoms with Gasteiger partial charge in [-0.2, -0.15) is 0 Å². The summed E-state index contributed by atoms with van der Waals surface area (Å²) in [5.41, 5.74) is 1.03. The Hall–Kier alpha value is -0.543. The molecule has 1 aliphatic rings. The first kappa shape index (κ1) is 20.2. The molecule has 0 bridgehead atoms. The fraction of sp³-hybridized carbons (Fsp3) is 0.556. The number of para-hydroxylation sites is 1. The number of nitrogens with zero attached hydrogens (tertiary/aromatic N) is 1. The Balaban J connectivity index is 1.61. The second-order valence-electron chi connectivity index (χ2n) is 8.17. The van der Waals surface area contributed by atoms with Gasteiger partial charge in [-0.1, -0.05) is 43.7 Å². The van der Waals surface area contributed by atoms with Crippen molar-refractivity contribution in [1.82, 2.24) is 10.3 Å². The third-order valence-electron chi connectivity index (χ3n) is 5.20. The van der Waals surface area contributed by atoms with Gasteiger partial charge in [-0.25, -0.2) is 4.98 Å². The highest BCUT2D eigenvalue weighted by molar-refractivity contribution is 8.77. The Bertz CT molecular complexity index is 770. The molecule has 8 heteroatoms. The summed E-state index contributed by atoms with van der Waals surface area (Å²) < 4.78 is 8.67. The summed E-state index contributed by atoms with van der Waals surface area (Å²) in [6.45, 7) is 13.2. The molecular formula is C18H26N2O2S3Si. The molecule has 2 heterocycles. The van der Waals surface area contributed by atoms with Crippen molar-refractivity contribution in [1.29, 1.82) is 0 Å². The van der Waals surface area contributed by atoms with Crippen molar-refractivity contribution in [3.8, 4) is 0 Å². The number of carbonyl (C=O) groups excluding carboxylic acids is 1. The SMILES string of the molecule is C[C@@H](O[Si](C)(C)C(C)(C)C)[C@H]1C(=O)N[C@@H]1SSc1nc2ccccc2s1. The zero-order valence-corrected chi connectivity index (χ0v) is 19.5. The van der Waals surface area contributed by atoms with Gasteiger partial charge in [-0.15, -0.1) is 11.3 Å². The third kappa shape index (κ3) is 4.14. The standard InChI is InChI=1S/C18H26N2O2S3Si/c1-11(22-26(5,6)18(2,3)4)14-15(21)20-16(14)24-25-17-19-12-9-7-8-10-13(12)23-17/h7-11,14,16H,1-6H3,(H,20,21)/t11-,14+,16-/m1/s1. The van der Waals surface area contributed by atoms with Gasteiger partial charge in [0, 0.05) is 0 Å². The Kier molecular flexibility index (Phi) is 5.80. The molecule has 1 saturated heterocycles. The van der Waals surface area contributed by atoms with Crippen LogP contribution in [-0.4, -0.2) is 30.7 Å². The van der Waals surface area contributed by atoms with E-state index in [0.717, 1.165) is 9.86 Å². The van der Waals surface area contributed by atoms with Crippen molar-refractivity contribution in [3.05, 3.63) is 24.3 Å². The smallest absolute Gasteiger partial charge is 0.229 e. The third-order valence-corrected chi connectivity index (χ3v) is 13.8. The zero-order chi connectivity index (χ0) is 19.1. The number of β-lactam (4-membered cyclic amide) rings is 1. The fourth-order valence-electron chi connectivity index (χ4n) is 2.61. The van der Waals surface area contributed by atoms with Crippen LogP contribution in [0, 0.1) is 5.92 Å². The summed E-state index contributed by atoms with van der Waals surface area (Å²) in [6.07, 6.45) is -0.0712. The average Bonchev–Trinajstić information content (AvgIpc) is 2.92. The van der Waals surface area contributed by atoms with Gasteiger partial charge in [0.15, 0.2) is 12.7 Å². The quantitative estimate of drug-likeness (QED) is 0.374. The molecule has 26 heavy (non-hydrogen) atoms. The van der Waals surface area contributed by atoms with E-state index >= 15 is 0 Å². The molecule has 1 amide bonds. The average molecular weight is 427 g/mol. The van der Waals surface area contributed by atoms with Crippen LogP contribution in [0.25, 0.3) is 10.2 Å². The van der Waals surface area contributed by atoms with Gasteiger partial charge in [0.1, 0.15) is 0 Å². The lowest BCUT2D eigenvalue weighted by Crippen LogP contribution is -2.62. The molecule has 142 valence electrons. The summed E-state index contributed by atoms with van der Waals surface area (Å²) in [5.74, 6) is -0.00499. The van der Waals surface area contributed by atoms with Gasteiger partial charge in [-0.05, 0) is 48.0 Å². The van der Waals surface area contributed by atoms with Crippen molar-refractivity contribution < 1.29 is 9.22 Å². The molecule has 1 aromatic carbocycles. The van der Waals surface area contributed by atoms with Gasteiger partial charge in [0.25, 0.3) is 0 Å². The number of aromatic nitrogens is 1. The maximum absolute atomic E-state index is 12.2. The number of thiazole rings is 1. The van der Waals surface area contributed by atoms with Crippen LogP contribution in [0.1, 0.15) is 27.7 Å². The first-order valence-corrected chi connectivity index (χ1v) is 14.7. The van der Waals surface area contributed by atoms with Gasteiger partial charge in [0.2, 0.25) is 5.91 Å². The van der Waals surface area contributed by atoms with Gasteiger partial charge < -0.3 is 9.74 Å². The van der Waals surface area contributed by atoms with Gasteiger partial charge in [-0.3, -0.25) is 4.79 Å². The normalized spacial score (nSPS) is 22.2. The van der Waals surface area contributed by atoms with E-state index in [2.05, 4.69) is 50.2 Å². The lowest BCUT2D eigenvalue weighted by atomic mass is 9.96. The molecule has 1 N–H and O–H groups in total. The monoisotopic (exact) mass is 426 g/mol. The fourth-order valence-corrected chi connectivity index (χ4v) is 7.92. The molecular weight excluding hydrogens is 400 g/mol. The molecule has 0 spiro atoms. The molecule has 1 aromatic heterocycles. The summed E-state index contributed by atoms with van der Waals surface area (Å²) in [4.78, 5) is 16.8. The Morgan fingerprint density at radius 1 is 1.31 bits per heavy atom. The second-order valence-corrected chi connectivity index (χ2v) is 16.5. The molecule has 4 nitrogen and oxygen atoms in total. The number of hydrogen-bond acceptors (Lipinski definition) is 6. The van der Waals surface area contributed by atoms with E-state index in [4.69, 9.17) is 4.43 Å². The highest BCUT2D eigenvalue weighted by Gasteiger charge is 2.47. The van der Waals surface area contributed by atoms with Crippen molar-refractivity contribution in [2.24, 2.45) is 5.92 Å². The van der Waals surface area contributed by atoms with Crippen molar-refractivity contribution in [3.63, 3.8) is 0 Å². The lowest BCUT2D eigenvalue weighted by molar-refractivity contribution is -0.136. The maximum atomic E-state index is 12.2. The number of amides is 1. The van der Waals surface area contributed by atoms with Crippen LogP contribution in [-0.2, 0) is 9.22 Å². The topological polar surface area (TPSA) is 51.2 Å². The zero-order valence-electron chi connectivity index (χ0n) is 16.0. The second kappa shape index (κ2) is 7.47. The van der Waals surface area contributed by atoms with E-state index in [1.165, 1.54) is 4.70 Å². The van der Waals surface area contributed by atoms with E-state index in [0.29, 0.717) is 0 Å². The van der Waals surface area contributed by atoms with Crippen LogP contribution in [0.3, 0.4) is 0 Å². The summed E-state index contributed by atoms with van der Waals surface area (Å²) in [7, 11) is 1.43. The largest absolute Gasteiger partial charge is 0.413 e. The highest BCUT2D eigenvalue weighted by Crippen LogP contribution is 2.45. The number of hydrogen-bond donors (Lipinski definition) is 1. The molecule has 3 rings (SSSR count). The molecule has 3 atom stereocenters. The predicted molar refractivity (Wildman–Crippen MR) is 116 cm³/mol. The Labute approximate surface area is 168 Å². The van der Waals surface area contributed by atoms with Crippen LogP contribution in [0.2, 0.25) is 18.1 Å². The van der Waals surface area contributed by atoms with Crippen LogP contribution in [0.5, 0.6) is 0 Å². The van der Waals surface area contributed by atoms with Crippen LogP contribution >= 0.6 is 32.9 Å². The van der Waals surface area contributed by atoms with Crippen LogP contribution in [0.4, 0.5) is 0 Å².